The van der Waals surface area contributed by atoms with Gasteiger partial charge in [0, 0.05) is 11.8 Å². The quantitative estimate of drug-likeness (QED) is 0.624. The van der Waals surface area contributed by atoms with E-state index < -0.39 is 0 Å². The van der Waals surface area contributed by atoms with Crippen LogP contribution in [0.5, 0.6) is 0 Å². The van der Waals surface area contributed by atoms with Gasteiger partial charge < -0.3 is 0 Å². The zero-order chi connectivity index (χ0) is 11.7. The first-order valence-electron chi connectivity index (χ1n) is 5.38. The van der Waals surface area contributed by atoms with Crippen molar-refractivity contribution in [1.82, 2.24) is 9.38 Å². The first-order chi connectivity index (χ1) is 8.36. The van der Waals surface area contributed by atoms with Crippen LogP contribution in [0.4, 0.5) is 0 Å². The lowest BCUT2D eigenvalue weighted by Crippen LogP contribution is -2.06. The molecule has 0 aliphatic rings. The lowest BCUT2D eigenvalue weighted by atomic mass is 10.1. The molecule has 0 atom stereocenters. The summed E-state index contributed by atoms with van der Waals surface area (Å²) < 4.78 is 1.80. The van der Waals surface area contributed by atoms with Crippen LogP contribution in [0.25, 0.3) is 5.52 Å². The third kappa shape index (κ3) is 1.61. The molecule has 0 spiro atoms. The van der Waals surface area contributed by atoms with E-state index in [-0.39, 0.29) is 5.78 Å². The molecular formula is C14H10N2O. The van der Waals surface area contributed by atoms with Crippen molar-refractivity contribution in [3.63, 3.8) is 0 Å². The van der Waals surface area contributed by atoms with E-state index in [1.54, 1.807) is 22.7 Å². The van der Waals surface area contributed by atoms with Gasteiger partial charge in [0.25, 0.3) is 0 Å². The molecule has 0 N–H and O–H groups in total. The molecule has 2 heterocycles. The van der Waals surface area contributed by atoms with Crippen molar-refractivity contribution in [3.8, 4) is 0 Å². The van der Waals surface area contributed by atoms with Crippen molar-refractivity contribution in [2.45, 2.75) is 0 Å². The normalized spacial score (nSPS) is 10.6. The summed E-state index contributed by atoms with van der Waals surface area (Å²) in [6, 6.07) is 14.9. The number of nitrogens with zero attached hydrogens (tertiary/aromatic N) is 2. The van der Waals surface area contributed by atoms with Gasteiger partial charge in [0.15, 0.2) is 5.82 Å². The van der Waals surface area contributed by atoms with Crippen LogP contribution in [-0.4, -0.2) is 15.2 Å². The zero-order valence-electron chi connectivity index (χ0n) is 9.08. The highest BCUT2D eigenvalue weighted by atomic mass is 16.1. The Labute approximate surface area is 98.4 Å². The average Bonchev–Trinajstić information content (AvgIpc) is 2.83. The fourth-order valence-electron chi connectivity index (χ4n) is 1.83. The highest BCUT2D eigenvalue weighted by Gasteiger charge is 2.13. The van der Waals surface area contributed by atoms with Crippen LogP contribution in [0.1, 0.15) is 16.2 Å². The second-order valence-electron chi connectivity index (χ2n) is 3.77. The van der Waals surface area contributed by atoms with Gasteiger partial charge in [-0.05, 0) is 12.1 Å². The molecule has 0 unspecified atom stereocenters. The van der Waals surface area contributed by atoms with E-state index in [1.807, 2.05) is 42.6 Å². The number of carbonyl (C=O) groups excluding carboxylic acids is 1. The van der Waals surface area contributed by atoms with Crippen LogP contribution in [0.2, 0.25) is 0 Å². The Morgan fingerprint density at radius 3 is 2.59 bits per heavy atom. The molecule has 0 saturated carbocycles. The van der Waals surface area contributed by atoms with E-state index in [4.69, 9.17) is 0 Å². The maximum absolute atomic E-state index is 12.2. The standard InChI is InChI=1S/C14H10N2O/c17-13(11-6-2-1-3-7-11)14-15-10-12-8-4-5-9-16(12)14/h1-10H. The van der Waals surface area contributed by atoms with E-state index in [1.165, 1.54) is 0 Å². The van der Waals surface area contributed by atoms with E-state index in [0.29, 0.717) is 11.4 Å². The zero-order valence-corrected chi connectivity index (χ0v) is 9.08. The molecule has 82 valence electrons. The number of aromatic nitrogens is 2. The minimum absolute atomic E-state index is 0.0585. The monoisotopic (exact) mass is 222 g/mol. The molecule has 3 nitrogen and oxygen atoms in total. The Kier molecular flexibility index (Phi) is 2.22. The highest BCUT2D eigenvalue weighted by molar-refractivity contribution is 6.07. The minimum atomic E-state index is -0.0585. The van der Waals surface area contributed by atoms with Gasteiger partial charge in [-0.15, -0.1) is 0 Å². The molecule has 3 aromatic rings. The molecule has 3 heteroatoms. The van der Waals surface area contributed by atoms with Crippen molar-refractivity contribution in [2.24, 2.45) is 0 Å². The first kappa shape index (κ1) is 9.78. The molecule has 1 aromatic carbocycles. The van der Waals surface area contributed by atoms with Gasteiger partial charge in [-0.25, -0.2) is 4.98 Å². The van der Waals surface area contributed by atoms with Crippen LogP contribution < -0.4 is 0 Å². The average molecular weight is 222 g/mol. The minimum Gasteiger partial charge on any atom is -0.297 e. The molecular weight excluding hydrogens is 212 g/mol. The number of hydrogen-bond donors (Lipinski definition) is 0. The molecule has 0 aliphatic carbocycles. The van der Waals surface area contributed by atoms with E-state index >= 15 is 0 Å². The van der Waals surface area contributed by atoms with Crippen LogP contribution in [0, 0.1) is 0 Å². The molecule has 3 rings (SSSR count). The topological polar surface area (TPSA) is 34.4 Å². The van der Waals surface area contributed by atoms with Crippen molar-refractivity contribution < 1.29 is 4.79 Å². The van der Waals surface area contributed by atoms with Crippen LogP contribution in [0.15, 0.2) is 60.9 Å². The molecule has 0 aliphatic heterocycles. The number of carbonyl (C=O) groups is 1. The van der Waals surface area contributed by atoms with Crippen molar-refractivity contribution in [3.05, 3.63) is 72.3 Å². The summed E-state index contributed by atoms with van der Waals surface area (Å²) in [7, 11) is 0. The Morgan fingerprint density at radius 1 is 1.00 bits per heavy atom. The highest BCUT2D eigenvalue weighted by Crippen LogP contribution is 2.11. The van der Waals surface area contributed by atoms with Gasteiger partial charge in [-0.3, -0.25) is 9.20 Å². The number of imidazole rings is 1. The van der Waals surface area contributed by atoms with Crippen molar-refractivity contribution in [2.75, 3.05) is 0 Å². The summed E-state index contributed by atoms with van der Waals surface area (Å²) in [6.07, 6.45) is 3.55. The first-order valence-corrected chi connectivity index (χ1v) is 5.38. The molecule has 0 radical (unpaired) electrons. The Bertz CT molecular complexity index is 671. The lowest BCUT2D eigenvalue weighted by molar-refractivity contribution is 0.102. The number of pyridine rings is 1. The SMILES string of the molecule is O=C(c1ccccc1)c1ncc2ccccn12. The third-order valence-electron chi connectivity index (χ3n) is 2.68. The fourth-order valence-corrected chi connectivity index (χ4v) is 1.83. The van der Waals surface area contributed by atoms with Gasteiger partial charge in [-0.1, -0.05) is 36.4 Å². The summed E-state index contributed by atoms with van der Waals surface area (Å²) >= 11 is 0. The van der Waals surface area contributed by atoms with Crippen molar-refractivity contribution in [1.29, 1.82) is 0 Å². The number of fused-ring (bicyclic) bond motifs is 1. The largest absolute Gasteiger partial charge is 0.297 e. The van der Waals surface area contributed by atoms with E-state index in [9.17, 15) is 4.79 Å². The Morgan fingerprint density at radius 2 is 1.76 bits per heavy atom. The third-order valence-corrected chi connectivity index (χ3v) is 2.68. The van der Waals surface area contributed by atoms with Crippen LogP contribution in [-0.2, 0) is 0 Å². The van der Waals surface area contributed by atoms with E-state index in [2.05, 4.69) is 4.98 Å². The predicted octanol–water partition coefficient (Wildman–Crippen LogP) is 2.57. The molecule has 2 aromatic heterocycles. The molecule has 0 fully saturated rings. The summed E-state index contributed by atoms with van der Waals surface area (Å²) in [5.74, 6) is 0.392. The summed E-state index contributed by atoms with van der Waals surface area (Å²) in [5, 5.41) is 0. The van der Waals surface area contributed by atoms with Gasteiger partial charge >= 0.3 is 0 Å². The summed E-state index contributed by atoms with van der Waals surface area (Å²) in [4.78, 5) is 16.4. The Balaban J connectivity index is 2.14. The number of rotatable bonds is 2. The summed E-state index contributed by atoms with van der Waals surface area (Å²) in [6.45, 7) is 0. The van der Waals surface area contributed by atoms with Gasteiger partial charge in [0.1, 0.15) is 0 Å². The van der Waals surface area contributed by atoms with Crippen LogP contribution in [0.3, 0.4) is 0 Å². The molecule has 0 saturated heterocycles. The van der Waals surface area contributed by atoms with Crippen molar-refractivity contribution >= 4 is 11.3 Å². The number of ketones is 1. The number of benzene rings is 1. The molecule has 0 amide bonds. The van der Waals surface area contributed by atoms with Gasteiger partial charge in [-0.2, -0.15) is 0 Å². The predicted molar refractivity (Wildman–Crippen MR) is 65.1 cm³/mol. The smallest absolute Gasteiger partial charge is 0.228 e. The second kappa shape index (κ2) is 3.87. The van der Waals surface area contributed by atoms with E-state index in [0.717, 1.165) is 5.52 Å². The molecule has 0 bridgehead atoms. The fraction of sp³-hybridized carbons (Fsp3) is 0. The lowest BCUT2D eigenvalue weighted by Gasteiger charge is -2.00. The van der Waals surface area contributed by atoms with Gasteiger partial charge in [0.05, 0.1) is 11.7 Å². The summed E-state index contributed by atoms with van der Waals surface area (Å²) in [5.41, 5.74) is 1.58. The van der Waals surface area contributed by atoms with Crippen LogP contribution >= 0.6 is 0 Å². The second-order valence-corrected chi connectivity index (χ2v) is 3.77. The molecule has 17 heavy (non-hydrogen) atoms. The Hall–Kier alpha value is -2.42. The van der Waals surface area contributed by atoms with Gasteiger partial charge in [0.2, 0.25) is 5.78 Å². The maximum atomic E-state index is 12.2. The number of hydrogen-bond acceptors (Lipinski definition) is 2. The maximum Gasteiger partial charge on any atom is 0.228 e.